The summed E-state index contributed by atoms with van der Waals surface area (Å²) >= 11 is 6.00. The molecule has 1 N–H and O–H groups in total. The number of aliphatic hydroxyl groups is 1. The Kier molecular flexibility index (Phi) is 5.11. The van der Waals surface area contributed by atoms with E-state index in [2.05, 4.69) is 0 Å². The van der Waals surface area contributed by atoms with E-state index in [1.54, 1.807) is 45.0 Å². The maximum atomic E-state index is 13.0. The number of amides is 1. The Bertz CT molecular complexity index is 895. The van der Waals surface area contributed by atoms with Crippen molar-refractivity contribution in [3.05, 3.63) is 82.1 Å². The summed E-state index contributed by atoms with van der Waals surface area (Å²) in [6, 6.07) is 15.9. The Balaban J connectivity index is 2.09. The van der Waals surface area contributed by atoms with Crippen LogP contribution in [-0.4, -0.2) is 21.7 Å². The van der Waals surface area contributed by atoms with E-state index in [-0.39, 0.29) is 17.9 Å². The van der Waals surface area contributed by atoms with Gasteiger partial charge in [0.1, 0.15) is 0 Å². The zero-order chi connectivity index (χ0) is 19.8. The van der Waals surface area contributed by atoms with Crippen LogP contribution >= 0.6 is 11.6 Å². The van der Waals surface area contributed by atoms with Crippen molar-refractivity contribution in [2.24, 2.45) is 5.41 Å². The standard InChI is InChI=1S/C22H22ClNO3/c1-22(2,3)20(26)17-18(15-9-11-16(23)12-10-15)24(21(27)19(17)25)13-14-7-5-4-6-8-14/h4-12,18,25H,13H2,1-3H3. The molecule has 0 spiro atoms. The van der Waals surface area contributed by atoms with Gasteiger partial charge in [0.2, 0.25) is 0 Å². The molecule has 1 heterocycles. The van der Waals surface area contributed by atoms with Crippen LogP contribution in [0.25, 0.3) is 0 Å². The van der Waals surface area contributed by atoms with Crippen LogP contribution in [-0.2, 0) is 16.1 Å². The van der Waals surface area contributed by atoms with Gasteiger partial charge in [0.05, 0.1) is 11.6 Å². The Morgan fingerprint density at radius 3 is 2.22 bits per heavy atom. The smallest absolute Gasteiger partial charge is 0.290 e. The fraction of sp³-hybridized carbons (Fsp3) is 0.273. The third kappa shape index (κ3) is 3.76. The Morgan fingerprint density at radius 1 is 1.07 bits per heavy atom. The highest BCUT2D eigenvalue weighted by molar-refractivity contribution is 6.30. The van der Waals surface area contributed by atoms with E-state index in [1.165, 1.54) is 4.90 Å². The van der Waals surface area contributed by atoms with Crippen LogP contribution in [0, 0.1) is 5.41 Å². The van der Waals surface area contributed by atoms with Crippen molar-refractivity contribution in [3.63, 3.8) is 0 Å². The summed E-state index contributed by atoms with van der Waals surface area (Å²) in [6.45, 7) is 5.62. The third-order valence-electron chi connectivity index (χ3n) is 4.61. The average molecular weight is 384 g/mol. The van der Waals surface area contributed by atoms with Crippen LogP contribution in [0.2, 0.25) is 5.02 Å². The molecule has 140 valence electrons. The predicted octanol–water partition coefficient (Wildman–Crippen LogP) is 4.85. The molecule has 0 saturated carbocycles. The zero-order valence-electron chi connectivity index (χ0n) is 15.6. The summed E-state index contributed by atoms with van der Waals surface area (Å²) in [5.74, 6) is -1.25. The summed E-state index contributed by atoms with van der Waals surface area (Å²) < 4.78 is 0. The van der Waals surface area contributed by atoms with Crippen LogP contribution < -0.4 is 0 Å². The van der Waals surface area contributed by atoms with Crippen molar-refractivity contribution in [1.29, 1.82) is 0 Å². The molecule has 1 atom stereocenters. The highest BCUT2D eigenvalue weighted by Gasteiger charge is 2.45. The molecule has 0 saturated heterocycles. The third-order valence-corrected chi connectivity index (χ3v) is 4.86. The summed E-state index contributed by atoms with van der Waals surface area (Å²) in [4.78, 5) is 27.4. The topological polar surface area (TPSA) is 57.6 Å². The first-order valence-corrected chi connectivity index (χ1v) is 9.16. The second-order valence-electron chi connectivity index (χ2n) is 7.71. The van der Waals surface area contributed by atoms with Crippen LogP contribution in [0.4, 0.5) is 0 Å². The van der Waals surface area contributed by atoms with Crippen LogP contribution in [0.15, 0.2) is 65.9 Å². The SMILES string of the molecule is CC(C)(C)C(=O)C1=C(O)C(=O)N(Cc2ccccc2)C1c1ccc(Cl)cc1. The summed E-state index contributed by atoms with van der Waals surface area (Å²) in [7, 11) is 0. The normalized spacial score (nSPS) is 17.6. The molecule has 1 unspecified atom stereocenters. The lowest BCUT2D eigenvalue weighted by atomic mass is 9.82. The highest BCUT2D eigenvalue weighted by Crippen LogP contribution is 2.41. The van der Waals surface area contributed by atoms with E-state index in [9.17, 15) is 14.7 Å². The minimum atomic E-state index is -0.725. The molecule has 0 fully saturated rings. The van der Waals surface area contributed by atoms with Gasteiger partial charge in [0.15, 0.2) is 11.5 Å². The zero-order valence-corrected chi connectivity index (χ0v) is 16.3. The average Bonchev–Trinajstić information content (AvgIpc) is 2.87. The number of benzene rings is 2. The van der Waals surface area contributed by atoms with E-state index < -0.39 is 23.1 Å². The molecule has 5 heteroatoms. The number of nitrogens with zero attached hydrogens (tertiary/aromatic N) is 1. The summed E-state index contributed by atoms with van der Waals surface area (Å²) in [5.41, 5.74) is 1.07. The van der Waals surface area contributed by atoms with Gasteiger partial charge in [-0.2, -0.15) is 0 Å². The first-order chi connectivity index (χ1) is 12.7. The van der Waals surface area contributed by atoms with E-state index in [4.69, 9.17) is 11.6 Å². The lowest BCUT2D eigenvalue weighted by Gasteiger charge is -2.29. The van der Waals surface area contributed by atoms with Gasteiger partial charge in [-0.05, 0) is 23.3 Å². The van der Waals surface area contributed by atoms with Gasteiger partial charge < -0.3 is 10.0 Å². The van der Waals surface area contributed by atoms with Gasteiger partial charge in [-0.15, -0.1) is 0 Å². The maximum Gasteiger partial charge on any atom is 0.290 e. The molecule has 2 aromatic carbocycles. The van der Waals surface area contributed by atoms with Crippen molar-refractivity contribution >= 4 is 23.3 Å². The quantitative estimate of drug-likeness (QED) is 0.820. The van der Waals surface area contributed by atoms with Crippen molar-refractivity contribution in [2.75, 3.05) is 0 Å². The number of aliphatic hydroxyl groups excluding tert-OH is 1. The number of rotatable bonds is 4. The van der Waals surface area contributed by atoms with E-state index in [0.717, 1.165) is 11.1 Å². The van der Waals surface area contributed by atoms with E-state index in [1.807, 2.05) is 30.3 Å². The first-order valence-electron chi connectivity index (χ1n) is 8.78. The minimum absolute atomic E-state index is 0.144. The largest absolute Gasteiger partial charge is 0.503 e. The Labute approximate surface area is 164 Å². The van der Waals surface area contributed by atoms with Gasteiger partial charge in [-0.1, -0.05) is 74.8 Å². The van der Waals surface area contributed by atoms with Gasteiger partial charge in [0, 0.05) is 17.0 Å². The fourth-order valence-corrected chi connectivity index (χ4v) is 3.35. The van der Waals surface area contributed by atoms with Crippen LogP contribution in [0.1, 0.15) is 37.9 Å². The highest BCUT2D eigenvalue weighted by atomic mass is 35.5. The molecule has 27 heavy (non-hydrogen) atoms. The second-order valence-corrected chi connectivity index (χ2v) is 8.15. The molecule has 0 aromatic heterocycles. The van der Waals surface area contributed by atoms with Crippen molar-refractivity contribution in [1.82, 2.24) is 4.90 Å². The molecule has 2 aromatic rings. The van der Waals surface area contributed by atoms with Gasteiger partial charge >= 0.3 is 0 Å². The summed E-state index contributed by atoms with van der Waals surface area (Å²) in [6.07, 6.45) is 0. The van der Waals surface area contributed by atoms with Gasteiger partial charge in [-0.3, -0.25) is 9.59 Å². The molecule has 3 rings (SSSR count). The molecule has 1 amide bonds. The number of carbonyl (C=O) groups is 2. The minimum Gasteiger partial charge on any atom is -0.503 e. The maximum absolute atomic E-state index is 13.0. The van der Waals surface area contributed by atoms with Gasteiger partial charge in [0.25, 0.3) is 5.91 Å². The second kappa shape index (κ2) is 7.20. The first kappa shape index (κ1) is 19.2. The number of ketones is 1. The Hall–Kier alpha value is -2.59. The molecule has 4 nitrogen and oxygen atoms in total. The molecule has 1 aliphatic rings. The molecule has 0 bridgehead atoms. The van der Waals surface area contributed by atoms with E-state index >= 15 is 0 Å². The molecular formula is C22H22ClNO3. The summed E-state index contributed by atoms with van der Waals surface area (Å²) in [5, 5.41) is 11.1. The predicted molar refractivity (Wildman–Crippen MR) is 105 cm³/mol. The number of hydrogen-bond acceptors (Lipinski definition) is 3. The number of Topliss-reactive ketones (excluding diaryl/α,β-unsaturated/α-hetero) is 1. The Morgan fingerprint density at radius 2 is 1.67 bits per heavy atom. The van der Waals surface area contributed by atoms with Gasteiger partial charge in [-0.25, -0.2) is 0 Å². The number of halogens is 1. The van der Waals surface area contributed by atoms with Crippen molar-refractivity contribution in [3.8, 4) is 0 Å². The molecule has 0 radical (unpaired) electrons. The van der Waals surface area contributed by atoms with Crippen molar-refractivity contribution in [2.45, 2.75) is 33.4 Å². The van der Waals surface area contributed by atoms with Crippen LogP contribution in [0.3, 0.4) is 0 Å². The fourth-order valence-electron chi connectivity index (χ4n) is 3.22. The van der Waals surface area contributed by atoms with Crippen LogP contribution in [0.5, 0.6) is 0 Å². The molecule has 0 aliphatic carbocycles. The number of hydrogen-bond donors (Lipinski definition) is 1. The lowest BCUT2D eigenvalue weighted by Crippen LogP contribution is -2.32. The molecular weight excluding hydrogens is 362 g/mol. The van der Waals surface area contributed by atoms with E-state index in [0.29, 0.717) is 5.02 Å². The monoisotopic (exact) mass is 383 g/mol. The molecule has 1 aliphatic heterocycles. The number of carbonyl (C=O) groups excluding carboxylic acids is 2. The van der Waals surface area contributed by atoms with Crippen molar-refractivity contribution < 1.29 is 14.7 Å². The lowest BCUT2D eigenvalue weighted by molar-refractivity contribution is -0.130.